The number of rotatable bonds is 2. The third-order valence-electron chi connectivity index (χ3n) is 2.34. The van der Waals surface area contributed by atoms with Crippen LogP contribution >= 0.6 is 0 Å². The van der Waals surface area contributed by atoms with Crippen LogP contribution in [0.4, 0.5) is 0 Å². The van der Waals surface area contributed by atoms with Gasteiger partial charge in [0.2, 0.25) is 0 Å². The highest BCUT2D eigenvalue weighted by Gasteiger charge is 2.05. The fraction of sp³-hybridized carbons (Fsp3) is 0.182. The highest BCUT2D eigenvalue weighted by Crippen LogP contribution is 2.14. The van der Waals surface area contributed by atoms with Crippen LogP contribution in [0.25, 0.3) is 5.69 Å². The predicted octanol–water partition coefficient (Wildman–Crippen LogP) is 0.906. The summed E-state index contributed by atoms with van der Waals surface area (Å²) >= 11 is 0. The molecule has 80 valence electrons. The van der Waals surface area contributed by atoms with Crippen molar-refractivity contribution in [2.24, 2.45) is 5.73 Å². The second kappa shape index (κ2) is 4.13. The van der Waals surface area contributed by atoms with E-state index in [1.54, 1.807) is 4.68 Å². The third-order valence-corrected chi connectivity index (χ3v) is 2.34. The molecule has 1 aromatic heterocycles. The molecule has 0 bridgehead atoms. The first kappa shape index (κ1) is 10.3. The van der Waals surface area contributed by atoms with Gasteiger partial charge in [0.1, 0.15) is 12.4 Å². The number of benzene rings is 1. The molecule has 2 aromatic rings. The maximum absolute atomic E-state index is 8.64. The first-order valence-corrected chi connectivity index (χ1v) is 4.86. The number of hydrogen-bond donors (Lipinski definition) is 1. The van der Waals surface area contributed by atoms with Crippen LogP contribution < -0.4 is 5.73 Å². The average Bonchev–Trinajstić information content (AvgIpc) is 2.77. The van der Waals surface area contributed by atoms with E-state index in [-0.39, 0.29) is 5.82 Å². The van der Waals surface area contributed by atoms with Gasteiger partial charge >= 0.3 is 0 Å². The molecule has 2 N–H and O–H groups in total. The van der Waals surface area contributed by atoms with Gasteiger partial charge in [-0.1, -0.05) is 12.1 Å². The SMILES string of the molecule is Cc1cc(CN)ccc1-n1cnc(C#N)n1. The van der Waals surface area contributed by atoms with Gasteiger partial charge in [0.25, 0.3) is 5.82 Å². The Hall–Kier alpha value is -2.19. The summed E-state index contributed by atoms with van der Waals surface area (Å²) in [6, 6.07) is 7.76. The summed E-state index contributed by atoms with van der Waals surface area (Å²) in [7, 11) is 0. The highest BCUT2D eigenvalue weighted by atomic mass is 15.3. The number of aromatic nitrogens is 3. The summed E-state index contributed by atoms with van der Waals surface area (Å²) in [6.45, 7) is 2.49. The van der Waals surface area contributed by atoms with E-state index in [2.05, 4.69) is 10.1 Å². The number of nitrogens with zero attached hydrogens (tertiary/aromatic N) is 4. The first-order valence-electron chi connectivity index (χ1n) is 4.86. The van der Waals surface area contributed by atoms with Crippen molar-refractivity contribution in [2.75, 3.05) is 0 Å². The Kier molecular flexibility index (Phi) is 2.66. The normalized spacial score (nSPS) is 10.1. The fourth-order valence-corrected chi connectivity index (χ4v) is 1.53. The van der Waals surface area contributed by atoms with Gasteiger partial charge < -0.3 is 5.73 Å². The smallest absolute Gasteiger partial charge is 0.252 e. The van der Waals surface area contributed by atoms with Gasteiger partial charge in [0.15, 0.2) is 0 Å². The Balaban J connectivity index is 2.45. The van der Waals surface area contributed by atoms with Crippen molar-refractivity contribution in [3.05, 3.63) is 41.5 Å². The largest absolute Gasteiger partial charge is 0.326 e. The van der Waals surface area contributed by atoms with Gasteiger partial charge in [-0.05, 0) is 24.1 Å². The topological polar surface area (TPSA) is 80.5 Å². The average molecular weight is 213 g/mol. The van der Waals surface area contributed by atoms with Gasteiger partial charge in [-0.3, -0.25) is 0 Å². The molecule has 2 rings (SSSR count). The standard InChI is InChI=1S/C11H11N5/c1-8-4-9(5-12)2-3-10(8)16-7-14-11(6-13)15-16/h2-4,7H,5,12H2,1H3. The monoisotopic (exact) mass is 213 g/mol. The molecule has 0 saturated carbocycles. The molecule has 1 heterocycles. The fourth-order valence-electron chi connectivity index (χ4n) is 1.53. The van der Waals surface area contributed by atoms with E-state index in [9.17, 15) is 0 Å². The lowest BCUT2D eigenvalue weighted by Crippen LogP contribution is -2.01. The van der Waals surface area contributed by atoms with Gasteiger partial charge in [0.05, 0.1) is 5.69 Å². The van der Waals surface area contributed by atoms with Crippen LogP contribution in [0, 0.1) is 18.3 Å². The lowest BCUT2D eigenvalue weighted by atomic mass is 10.1. The molecule has 0 aliphatic carbocycles. The highest BCUT2D eigenvalue weighted by molar-refractivity contribution is 5.42. The zero-order chi connectivity index (χ0) is 11.5. The van der Waals surface area contributed by atoms with Crippen LogP contribution in [0.1, 0.15) is 17.0 Å². The minimum Gasteiger partial charge on any atom is -0.326 e. The second-order valence-corrected chi connectivity index (χ2v) is 3.45. The van der Waals surface area contributed by atoms with Crippen molar-refractivity contribution in [1.29, 1.82) is 5.26 Å². The van der Waals surface area contributed by atoms with Crippen LogP contribution in [0.5, 0.6) is 0 Å². The summed E-state index contributed by atoms with van der Waals surface area (Å²) in [6.07, 6.45) is 1.53. The zero-order valence-corrected chi connectivity index (χ0v) is 8.88. The Bertz CT molecular complexity index is 550. The molecule has 0 amide bonds. The molecule has 0 spiro atoms. The van der Waals surface area contributed by atoms with E-state index in [1.807, 2.05) is 31.2 Å². The second-order valence-electron chi connectivity index (χ2n) is 3.45. The molecule has 1 aromatic carbocycles. The molecule has 0 aliphatic rings. The molecular formula is C11H11N5. The Morgan fingerprint density at radius 2 is 2.31 bits per heavy atom. The molecule has 5 heteroatoms. The Labute approximate surface area is 93.1 Å². The molecular weight excluding hydrogens is 202 g/mol. The van der Waals surface area contributed by atoms with E-state index in [0.29, 0.717) is 6.54 Å². The minimum absolute atomic E-state index is 0.169. The number of nitriles is 1. The van der Waals surface area contributed by atoms with Crippen molar-refractivity contribution in [2.45, 2.75) is 13.5 Å². The van der Waals surface area contributed by atoms with Crippen molar-refractivity contribution in [3.63, 3.8) is 0 Å². The summed E-state index contributed by atoms with van der Waals surface area (Å²) in [4.78, 5) is 3.86. The van der Waals surface area contributed by atoms with Crippen LogP contribution in [0.3, 0.4) is 0 Å². The molecule has 0 radical (unpaired) electrons. The number of nitrogens with two attached hydrogens (primary N) is 1. The van der Waals surface area contributed by atoms with Gasteiger partial charge in [0, 0.05) is 6.54 Å². The van der Waals surface area contributed by atoms with Crippen LogP contribution in [-0.4, -0.2) is 14.8 Å². The summed E-state index contributed by atoms with van der Waals surface area (Å²) in [5.74, 6) is 0.169. The maximum Gasteiger partial charge on any atom is 0.252 e. The van der Waals surface area contributed by atoms with Crippen molar-refractivity contribution in [3.8, 4) is 11.8 Å². The van der Waals surface area contributed by atoms with E-state index >= 15 is 0 Å². The first-order chi connectivity index (χ1) is 7.74. The molecule has 5 nitrogen and oxygen atoms in total. The van der Waals surface area contributed by atoms with Gasteiger partial charge in [-0.2, -0.15) is 5.26 Å². The van der Waals surface area contributed by atoms with E-state index in [1.165, 1.54) is 6.33 Å². The van der Waals surface area contributed by atoms with E-state index < -0.39 is 0 Å². The van der Waals surface area contributed by atoms with Crippen LogP contribution in [0.2, 0.25) is 0 Å². The molecule has 0 atom stereocenters. The lowest BCUT2D eigenvalue weighted by molar-refractivity contribution is 0.863. The van der Waals surface area contributed by atoms with Crippen LogP contribution in [0.15, 0.2) is 24.5 Å². The molecule has 16 heavy (non-hydrogen) atoms. The Morgan fingerprint density at radius 3 is 2.88 bits per heavy atom. The number of hydrogen-bond acceptors (Lipinski definition) is 4. The van der Waals surface area contributed by atoms with Crippen LogP contribution in [-0.2, 0) is 6.54 Å². The van der Waals surface area contributed by atoms with E-state index in [0.717, 1.165) is 16.8 Å². The lowest BCUT2D eigenvalue weighted by Gasteiger charge is -2.06. The van der Waals surface area contributed by atoms with E-state index in [4.69, 9.17) is 11.0 Å². The molecule has 0 aliphatic heterocycles. The molecule has 0 unspecified atom stereocenters. The minimum atomic E-state index is 0.169. The van der Waals surface area contributed by atoms with Gasteiger partial charge in [-0.15, -0.1) is 5.10 Å². The van der Waals surface area contributed by atoms with Crippen molar-refractivity contribution in [1.82, 2.24) is 14.8 Å². The summed E-state index contributed by atoms with van der Waals surface area (Å²) in [5.41, 5.74) is 8.59. The summed E-state index contributed by atoms with van der Waals surface area (Å²) < 4.78 is 1.59. The Morgan fingerprint density at radius 1 is 1.50 bits per heavy atom. The maximum atomic E-state index is 8.64. The summed E-state index contributed by atoms with van der Waals surface area (Å²) in [5, 5.41) is 12.7. The van der Waals surface area contributed by atoms with Gasteiger partial charge in [-0.25, -0.2) is 9.67 Å². The predicted molar refractivity (Wildman–Crippen MR) is 58.7 cm³/mol. The zero-order valence-electron chi connectivity index (χ0n) is 8.88. The van der Waals surface area contributed by atoms with Crippen molar-refractivity contribution < 1.29 is 0 Å². The molecule has 0 saturated heterocycles. The third kappa shape index (κ3) is 1.78. The quantitative estimate of drug-likeness (QED) is 0.803. The molecule has 0 fully saturated rings. The van der Waals surface area contributed by atoms with Crippen molar-refractivity contribution >= 4 is 0 Å². The number of aryl methyl sites for hydroxylation is 1.